The zero-order valence-corrected chi connectivity index (χ0v) is 12.4. The van der Waals surface area contributed by atoms with E-state index in [9.17, 15) is 5.11 Å². The van der Waals surface area contributed by atoms with Crippen LogP contribution in [0.15, 0.2) is 0 Å². The van der Waals surface area contributed by atoms with Crippen LogP contribution in [0, 0.1) is 17.8 Å². The van der Waals surface area contributed by atoms with Crippen LogP contribution in [-0.2, 0) is 0 Å². The molecule has 2 nitrogen and oxygen atoms in total. The molecule has 2 heteroatoms. The average molecular weight is 253 g/mol. The summed E-state index contributed by atoms with van der Waals surface area (Å²) in [6, 6.07) is 0.645. The van der Waals surface area contributed by atoms with Crippen molar-refractivity contribution in [3.8, 4) is 0 Å². The first-order chi connectivity index (χ1) is 8.61. The summed E-state index contributed by atoms with van der Waals surface area (Å²) in [6.07, 6.45) is 7.28. The number of rotatable bonds is 3. The fraction of sp³-hybridized carbons (Fsp3) is 1.00. The summed E-state index contributed by atoms with van der Waals surface area (Å²) in [5, 5.41) is 9.98. The minimum absolute atomic E-state index is 0.0473. The average Bonchev–Trinajstić information content (AvgIpc) is 2.38. The van der Waals surface area contributed by atoms with Crippen LogP contribution in [0.5, 0.6) is 0 Å². The molecule has 0 aromatic rings. The molecule has 18 heavy (non-hydrogen) atoms. The van der Waals surface area contributed by atoms with E-state index in [1.165, 1.54) is 38.8 Å². The van der Waals surface area contributed by atoms with Crippen molar-refractivity contribution in [3.05, 3.63) is 0 Å². The minimum Gasteiger partial charge on any atom is -0.393 e. The van der Waals surface area contributed by atoms with Crippen molar-refractivity contribution >= 4 is 0 Å². The van der Waals surface area contributed by atoms with Crippen LogP contribution < -0.4 is 0 Å². The molecule has 0 bridgehead atoms. The molecule has 1 saturated heterocycles. The molecule has 1 aliphatic carbocycles. The van der Waals surface area contributed by atoms with E-state index in [1.54, 1.807) is 0 Å². The summed E-state index contributed by atoms with van der Waals surface area (Å²) in [4.78, 5) is 2.69. The molecule has 2 aliphatic rings. The van der Waals surface area contributed by atoms with Crippen molar-refractivity contribution in [3.63, 3.8) is 0 Å². The van der Waals surface area contributed by atoms with Crippen molar-refractivity contribution in [2.24, 2.45) is 17.8 Å². The highest BCUT2D eigenvalue weighted by Gasteiger charge is 2.36. The summed E-state index contributed by atoms with van der Waals surface area (Å²) < 4.78 is 0. The number of nitrogens with zero attached hydrogens (tertiary/aromatic N) is 1. The molecule has 3 unspecified atom stereocenters. The molecule has 0 aromatic heterocycles. The van der Waals surface area contributed by atoms with Gasteiger partial charge in [-0.25, -0.2) is 0 Å². The molecule has 1 aliphatic heterocycles. The van der Waals surface area contributed by atoms with Gasteiger partial charge in [0.25, 0.3) is 0 Å². The van der Waals surface area contributed by atoms with E-state index < -0.39 is 0 Å². The molecular weight excluding hydrogens is 222 g/mol. The van der Waals surface area contributed by atoms with Gasteiger partial charge in [0, 0.05) is 6.04 Å². The van der Waals surface area contributed by atoms with Gasteiger partial charge in [0.05, 0.1) is 6.10 Å². The van der Waals surface area contributed by atoms with Crippen LogP contribution in [0.2, 0.25) is 0 Å². The lowest BCUT2D eigenvalue weighted by atomic mass is 9.75. The molecule has 3 atom stereocenters. The SMILES string of the molecule is CCC1CCN(C2CC(O)CCC2C(C)C)CC1. The summed E-state index contributed by atoms with van der Waals surface area (Å²) >= 11 is 0. The molecular formula is C16H31NO. The van der Waals surface area contributed by atoms with Crippen molar-refractivity contribution < 1.29 is 5.11 Å². The van der Waals surface area contributed by atoms with Gasteiger partial charge in [-0.1, -0.05) is 27.2 Å². The first-order valence-electron chi connectivity index (χ1n) is 8.04. The molecule has 106 valence electrons. The van der Waals surface area contributed by atoms with Crippen LogP contribution in [0.4, 0.5) is 0 Å². The lowest BCUT2D eigenvalue weighted by Gasteiger charge is -2.46. The highest BCUT2D eigenvalue weighted by atomic mass is 16.3. The maximum absolute atomic E-state index is 9.98. The third kappa shape index (κ3) is 3.27. The predicted molar refractivity (Wildman–Crippen MR) is 76.6 cm³/mol. The maximum atomic E-state index is 9.98. The Morgan fingerprint density at radius 1 is 1.11 bits per heavy atom. The zero-order valence-electron chi connectivity index (χ0n) is 12.4. The van der Waals surface area contributed by atoms with E-state index in [0.717, 1.165) is 30.6 Å². The second kappa shape index (κ2) is 6.38. The first-order valence-corrected chi connectivity index (χ1v) is 8.04. The molecule has 1 saturated carbocycles. The van der Waals surface area contributed by atoms with Gasteiger partial charge in [-0.3, -0.25) is 4.90 Å². The van der Waals surface area contributed by atoms with E-state index in [0.29, 0.717) is 6.04 Å². The van der Waals surface area contributed by atoms with Crippen LogP contribution in [0.3, 0.4) is 0 Å². The van der Waals surface area contributed by atoms with E-state index in [-0.39, 0.29) is 6.10 Å². The predicted octanol–water partition coefficient (Wildman–Crippen LogP) is 3.29. The Hall–Kier alpha value is -0.0800. The largest absolute Gasteiger partial charge is 0.393 e. The molecule has 1 N–H and O–H groups in total. The van der Waals surface area contributed by atoms with Crippen LogP contribution >= 0.6 is 0 Å². The van der Waals surface area contributed by atoms with E-state index in [4.69, 9.17) is 0 Å². The van der Waals surface area contributed by atoms with Crippen LogP contribution in [-0.4, -0.2) is 35.2 Å². The third-order valence-electron chi connectivity index (χ3n) is 5.39. The van der Waals surface area contributed by atoms with Gasteiger partial charge in [-0.05, 0) is 62.9 Å². The second-order valence-corrected chi connectivity index (χ2v) is 6.83. The lowest BCUT2D eigenvalue weighted by Crippen LogP contribution is -2.50. The number of hydrogen-bond donors (Lipinski definition) is 1. The Morgan fingerprint density at radius 2 is 1.78 bits per heavy atom. The smallest absolute Gasteiger partial charge is 0.0555 e. The maximum Gasteiger partial charge on any atom is 0.0555 e. The van der Waals surface area contributed by atoms with Crippen molar-refractivity contribution in [2.75, 3.05) is 13.1 Å². The monoisotopic (exact) mass is 253 g/mol. The Morgan fingerprint density at radius 3 is 2.33 bits per heavy atom. The molecule has 2 fully saturated rings. The Bertz CT molecular complexity index is 245. The molecule has 1 heterocycles. The van der Waals surface area contributed by atoms with Gasteiger partial charge in [0.1, 0.15) is 0 Å². The summed E-state index contributed by atoms with van der Waals surface area (Å²) in [5.41, 5.74) is 0. The van der Waals surface area contributed by atoms with E-state index >= 15 is 0 Å². The van der Waals surface area contributed by atoms with Crippen LogP contribution in [0.1, 0.15) is 59.3 Å². The van der Waals surface area contributed by atoms with Gasteiger partial charge in [-0.2, -0.15) is 0 Å². The van der Waals surface area contributed by atoms with Crippen molar-refractivity contribution in [1.29, 1.82) is 0 Å². The van der Waals surface area contributed by atoms with E-state index in [1.807, 2.05) is 0 Å². The fourth-order valence-corrected chi connectivity index (χ4v) is 4.04. The molecule has 2 rings (SSSR count). The quantitative estimate of drug-likeness (QED) is 0.834. The number of aliphatic hydroxyl groups is 1. The Labute approximate surface area is 113 Å². The number of aliphatic hydroxyl groups excluding tert-OH is 1. The highest BCUT2D eigenvalue weighted by Crippen LogP contribution is 2.35. The lowest BCUT2D eigenvalue weighted by molar-refractivity contribution is -0.00227. The summed E-state index contributed by atoms with van der Waals surface area (Å²) in [7, 11) is 0. The van der Waals surface area contributed by atoms with Crippen molar-refractivity contribution in [2.45, 2.75) is 71.4 Å². The zero-order chi connectivity index (χ0) is 13.1. The molecule has 0 spiro atoms. The Balaban J connectivity index is 1.95. The Kier molecular flexibility index (Phi) is 5.08. The first kappa shape index (κ1) is 14.3. The highest BCUT2D eigenvalue weighted by molar-refractivity contribution is 4.90. The van der Waals surface area contributed by atoms with Gasteiger partial charge >= 0.3 is 0 Å². The molecule has 0 amide bonds. The topological polar surface area (TPSA) is 23.5 Å². The van der Waals surface area contributed by atoms with Crippen molar-refractivity contribution in [1.82, 2.24) is 4.90 Å². The third-order valence-corrected chi connectivity index (χ3v) is 5.39. The molecule has 0 aromatic carbocycles. The summed E-state index contributed by atoms with van der Waals surface area (Å²) in [5.74, 6) is 2.50. The normalized spacial score (nSPS) is 36.2. The number of likely N-dealkylation sites (tertiary alicyclic amines) is 1. The van der Waals surface area contributed by atoms with Gasteiger partial charge in [-0.15, -0.1) is 0 Å². The fourth-order valence-electron chi connectivity index (χ4n) is 4.04. The molecule has 0 radical (unpaired) electrons. The van der Waals surface area contributed by atoms with Gasteiger partial charge in [0.2, 0.25) is 0 Å². The van der Waals surface area contributed by atoms with Crippen LogP contribution in [0.25, 0.3) is 0 Å². The van der Waals surface area contributed by atoms with Gasteiger partial charge < -0.3 is 5.11 Å². The standard InChI is InChI=1S/C16H31NO/c1-4-13-7-9-17(10-8-13)16-11-14(18)5-6-15(16)12(2)3/h12-16,18H,4-11H2,1-3H3. The number of hydrogen-bond acceptors (Lipinski definition) is 2. The minimum atomic E-state index is -0.0473. The van der Waals surface area contributed by atoms with E-state index in [2.05, 4.69) is 25.7 Å². The number of piperidine rings is 1. The summed E-state index contributed by atoms with van der Waals surface area (Å²) in [6.45, 7) is 9.56. The van der Waals surface area contributed by atoms with Gasteiger partial charge in [0.15, 0.2) is 0 Å². The second-order valence-electron chi connectivity index (χ2n) is 6.83.